The first-order valence-corrected chi connectivity index (χ1v) is 10.6. The van der Waals surface area contributed by atoms with Crippen LogP contribution in [0, 0.1) is 11.8 Å². The van der Waals surface area contributed by atoms with Crippen molar-refractivity contribution in [2.75, 3.05) is 26.7 Å². The molecule has 30 heavy (non-hydrogen) atoms. The summed E-state index contributed by atoms with van der Waals surface area (Å²) in [6.45, 7) is 6.97. The molecule has 5 heteroatoms. The molecule has 1 heterocycles. The summed E-state index contributed by atoms with van der Waals surface area (Å²) in [7, 11) is 1.46. The van der Waals surface area contributed by atoms with Crippen LogP contribution in [0.3, 0.4) is 0 Å². The average molecular weight is 409 g/mol. The first-order chi connectivity index (χ1) is 14.3. The summed E-state index contributed by atoms with van der Waals surface area (Å²) in [6.07, 6.45) is 1.63. The quantitative estimate of drug-likeness (QED) is 0.713. The maximum absolute atomic E-state index is 12.4. The Bertz CT molecular complexity index is 883. The molecule has 1 amide bonds. The van der Waals surface area contributed by atoms with E-state index in [1.54, 1.807) is 6.07 Å². The molecule has 1 fully saturated rings. The molecule has 2 N–H and O–H groups in total. The number of carbonyl (C=O) groups is 2. The number of piperidine rings is 1. The van der Waals surface area contributed by atoms with E-state index in [9.17, 15) is 9.59 Å². The molecule has 2 aromatic rings. The molecule has 0 spiro atoms. The standard InChI is InChI=1S/C25H32N2O3/c1-18-16-27(17-21(24(29)30-3)14-19-8-5-4-6-9-19)13-12-25(18,2)22-11-7-10-20(15-22)23(26)28/h4-11,15,18,21H,12-14,16-17H2,1-3H3,(H2,26,28)/t18-,21?,25+/m0/s1. The smallest absolute Gasteiger partial charge is 0.310 e. The second-order valence-corrected chi connectivity index (χ2v) is 8.68. The van der Waals surface area contributed by atoms with Crippen molar-refractivity contribution in [1.82, 2.24) is 4.90 Å². The van der Waals surface area contributed by atoms with E-state index in [1.807, 2.05) is 30.3 Å². The first kappa shape index (κ1) is 22.0. The van der Waals surface area contributed by atoms with E-state index in [0.717, 1.165) is 30.6 Å². The van der Waals surface area contributed by atoms with Crippen LogP contribution in [-0.2, 0) is 21.4 Å². The van der Waals surface area contributed by atoms with Crippen molar-refractivity contribution in [3.63, 3.8) is 0 Å². The van der Waals surface area contributed by atoms with Gasteiger partial charge in [0.05, 0.1) is 13.0 Å². The molecule has 160 valence electrons. The lowest BCUT2D eigenvalue weighted by molar-refractivity contribution is -0.146. The maximum Gasteiger partial charge on any atom is 0.310 e. The van der Waals surface area contributed by atoms with Crippen molar-refractivity contribution in [3.05, 3.63) is 71.3 Å². The van der Waals surface area contributed by atoms with Crippen LogP contribution in [-0.4, -0.2) is 43.5 Å². The lowest BCUT2D eigenvalue weighted by Crippen LogP contribution is -2.49. The van der Waals surface area contributed by atoms with E-state index >= 15 is 0 Å². The van der Waals surface area contributed by atoms with Crippen molar-refractivity contribution in [2.24, 2.45) is 17.6 Å². The minimum absolute atomic E-state index is 0.0395. The zero-order valence-corrected chi connectivity index (χ0v) is 18.1. The Morgan fingerprint density at radius 3 is 2.57 bits per heavy atom. The molecule has 0 aromatic heterocycles. The van der Waals surface area contributed by atoms with Gasteiger partial charge in [0.15, 0.2) is 0 Å². The number of likely N-dealkylation sites (tertiary alicyclic amines) is 1. The SMILES string of the molecule is COC(=O)C(Cc1ccccc1)CN1CC[C@@](C)(c2cccc(C(N)=O)c2)[C@@H](C)C1. The number of hydrogen-bond donors (Lipinski definition) is 1. The highest BCUT2D eigenvalue weighted by Crippen LogP contribution is 2.39. The topological polar surface area (TPSA) is 72.6 Å². The zero-order chi connectivity index (χ0) is 21.7. The van der Waals surface area contributed by atoms with E-state index in [1.165, 1.54) is 7.11 Å². The van der Waals surface area contributed by atoms with Crippen LogP contribution in [0.15, 0.2) is 54.6 Å². The molecule has 1 aliphatic heterocycles. The van der Waals surface area contributed by atoms with E-state index in [-0.39, 0.29) is 17.3 Å². The van der Waals surface area contributed by atoms with Crippen LogP contribution < -0.4 is 5.73 Å². The Hall–Kier alpha value is -2.66. The van der Waals surface area contributed by atoms with Gasteiger partial charge < -0.3 is 15.4 Å². The minimum Gasteiger partial charge on any atom is -0.469 e. The molecule has 2 aromatic carbocycles. The number of nitrogens with two attached hydrogens (primary N) is 1. The van der Waals surface area contributed by atoms with Gasteiger partial charge in [0.1, 0.15) is 0 Å². The molecule has 0 radical (unpaired) electrons. The maximum atomic E-state index is 12.4. The first-order valence-electron chi connectivity index (χ1n) is 10.6. The fourth-order valence-corrected chi connectivity index (χ4v) is 4.54. The normalized spacial score (nSPS) is 23.0. The van der Waals surface area contributed by atoms with Crippen LogP contribution >= 0.6 is 0 Å². The van der Waals surface area contributed by atoms with Crippen LogP contribution in [0.25, 0.3) is 0 Å². The van der Waals surface area contributed by atoms with Gasteiger partial charge in [-0.25, -0.2) is 0 Å². The summed E-state index contributed by atoms with van der Waals surface area (Å²) in [5.41, 5.74) is 8.29. The van der Waals surface area contributed by atoms with Crippen LogP contribution in [0.2, 0.25) is 0 Å². The number of esters is 1. The van der Waals surface area contributed by atoms with Crippen molar-refractivity contribution >= 4 is 11.9 Å². The summed E-state index contributed by atoms with van der Waals surface area (Å²) in [5.74, 6) is -0.377. The predicted octanol–water partition coefficient (Wildman–Crippen LogP) is 3.42. The van der Waals surface area contributed by atoms with Gasteiger partial charge in [0.25, 0.3) is 0 Å². The summed E-state index contributed by atoms with van der Waals surface area (Å²) in [4.78, 5) is 26.4. The third kappa shape index (κ3) is 4.90. The van der Waals surface area contributed by atoms with Crippen molar-refractivity contribution in [3.8, 4) is 0 Å². The highest BCUT2D eigenvalue weighted by atomic mass is 16.5. The Morgan fingerprint density at radius 2 is 1.93 bits per heavy atom. The van der Waals surface area contributed by atoms with Gasteiger partial charge in [-0.3, -0.25) is 9.59 Å². The predicted molar refractivity (Wildman–Crippen MR) is 118 cm³/mol. The molecule has 3 atom stereocenters. The molecule has 0 bridgehead atoms. The van der Waals surface area contributed by atoms with Crippen molar-refractivity contribution in [2.45, 2.75) is 32.1 Å². The summed E-state index contributed by atoms with van der Waals surface area (Å²) >= 11 is 0. The number of methoxy groups -OCH3 is 1. The molecule has 5 nitrogen and oxygen atoms in total. The Kier molecular flexibility index (Phi) is 6.93. The van der Waals surface area contributed by atoms with Gasteiger partial charge in [0.2, 0.25) is 5.91 Å². The molecule has 1 aliphatic rings. The van der Waals surface area contributed by atoms with Gasteiger partial charge in [0, 0.05) is 18.7 Å². The number of benzene rings is 2. The van der Waals surface area contributed by atoms with E-state index in [2.05, 4.69) is 36.9 Å². The largest absolute Gasteiger partial charge is 0.469 e. The lowest BCUT2D eigenvalue weighted by Gasteiger charge is -2.45. The zero-order valence-electron chi connectivity index (χ0n) is 18.1. The molecule has 3 rings (SSSR count). The number of hydrogen-bond acceptors (Lipinski definition) is 4. The van der Waals surface area contributed by atoms with Crippen LogP contribution in [0.1, 0.15) is 41.8 Å². The molecular weight excluding hydrogens is 376 g/mol. The molecule has 0 saturated carbocycles. The second kappa shape index (κ2) is 9.43. The number of amides is 1. The second-order valence-electron chi connectivity index (χ2n) is 8.68. The number of rotatable bonds is 7. The van der Waals surface area contributed by atoms with Crippen LogP contribution in [0.5, 0.6) is 0 Å². The number of primary amides is 1. The molecule has 1 saturated heterocycles. The fourth-order valence-electron chi connectivity index (χ4n) is 4.54. The Morgan fingerprint density at radius 1 is 1.20 bits per heavy atom. The number of ether oxygens (including phenoxy) is 1. The monoisotopic (exact) mass is 408 g/mol. The van der Waals surface area contributed by atoms with Gasteiger partial charge in [-0.05, 0) is 54.0 Å². The van der Waals surface area contributed by atoms with E-state index in [4.69, 9.17) is 10.5 Å². The number of nitrogens with zero attached hydrogens (tertiary/aromatic N) is 1. The van der Waals surface area contributed by atoms with Crippen LogP contribution in [0.4, 0.5) is 0 Å². The fraction of sp³-hybridized carbons (Fsp3) is 0.440. The highest BCUT2D eigenvalue weighted by molar-refractivity contribution is 5.92. The Labute approximate surface area is 179 Å². The third-order valence-electron chi connectivity index (χ3n) is 6.71. The van der Waals surface area contributed by atoms with E-state index in [0.29, 0.717) is 24.4 Å². The number of carbonyl (C=O) groups excluding carboxylic acids is 2. The Balaban J connectivity index is 1.71. The highest BCUT2D eigenvalue weighted by Gasteiger charge is 2.39. The molecular formula is C25H32N2O3. The van der Waals surface area contributed by atoms with E-state index < -0.39 is 5.91 Å². The van der Waals surface area contributed by atoms with Gasteiger partial charge in [-0.1, -0.05) is 56.3 Å². The van der Waals surface area contributed by atoms with Gasteiger partial charge in [-0.15, -0.1) is 0 Å². The van der Waals surface area contributed by atoms with Crippen molar-refractivity contribution < 1.29 is 14.3 Å². The molecule has 1 unspecified atom stereocenters. The summed E-state index contributed by atoms with van der Waals surface area (Å²) in [6, 6.07) is 17.8. The summed E-state index contributed by atoms with van der Waals surface area (Å²) < 4.78 is 5.09. The lowest BCUT2D eigenvalue weighted by atomic mass is 9.67. The third-order valence-corrected chi connectivity index (χ3v) is 6.71. The van der Waals surface area contributed by atoms with Crippen molar-refractivity contribution in [1.29, 1.82) is 0 Å². The van der Waals surface area contributed by atoms with Gasteiger partial charge >= 0.3 is 5.97 Å². The molecule has 0 aliphatic carbocycles. The average Bonchev–Trinajstić information content (AvgIpc) is 2.76. The van der Waals surface area contributed by atoms with Gasteiger partial charge in [-0.2, -0.15) is 0 Å². The minimum atomic E-state index is -0.396. The summed E-state index contributed by atoms with van der Waals surface area (Å²) in [5, 5.41) is 0.